The van der Waals surface area contributed by atoms with E-state index in [0.717, 1.165) is 0 Å². The van der Waals surface area contributed by atoms with Gasteiger partial charge < -0.3 is 20.1 Å². The summed E-state index contributed by atoms with van der Waals surface area (Å²) in [5.41, 5.74) is 0.559. The molecule has 0 aromatic heterocycles. The van der Waals surface area contributed by atoms with Crippen molar-refractivity contribution < 1.29 is 27.4 Å². The van der Waals surface area contributed by atoms with Gasteiger partial charge >= 0.3 is 6.18 Å². The lowest BCUT2D eigenvalue weighted by molar-refractivity contribution is -0.138. The van der Waals surface area contributed by atoms with E-state index in [1.54, 1.807) is 18.2 Å². The molecule has 8 heteroatoms. The highest BCUT2D eigenvalue weighted by molar-refractivity contribution is 5.84. The maximum Gasteiger partial charge on any atom is 0.405 e. The standard InChI is InChI=1S/C12H13F3N2O3/c1-7(11(18)16-5-12(13,14)15)17-8-2-3-9-10(4-8)20-6-19-9/h2-4,7,17H,5-6H2,1H3,(H,16,18)/t7-/m1/s1. The number of rotatable bonds is 4. The zero-order valence-electron chi connectivity index (χ0n) is 10.6. The molecule has 1 heterocycles. The molecular weight excluding hydrogens is 277 g/mol. The number of alkyl halides is 3. The largest absolute Gasteiger partial charge is 0.454 e. The predicted octanol–water partition coefficient (Wildman–Crippen LogP) is 1.89. The van der Waals surface area contributed by atoms with Gasteiger partial charge in [0.05, 0.1) is 0 Å². The van der Waals surface area contributed by atoms with Crippen molar-refractivity contribution in [3.05, 3.63) is 18.2 Å². The molecule has 0 fully saturated rings. The number of ether oxygens (including phenoxy) is 2. The fourth-order valence-electron chi connectivity index (χ4n) is 1.64. The van der Waals surface area contributed by atoms with Gasteiger partial charge in [-0.3, -0.25) is 4.79 Å². The molecule has 1 aromatic carbocycles. The van der Waals surface area contributed by atoms with Crippen LogP contribution in [0.25, 0.3) is 0 Å². The fraction of sp³-hybridized carbons (Fsp3) is 0.417. The van der Waals surface area contributed by atoms with E-state index in [-0.39, 0.29) is 6.79 Å². The van der Waals surface area contributed by atoms with Gasteiger partial charge in [-0.15, -0.1) is 0 Å². The quantitative estimate of drug-likeness (QED) is 0.889. The van der Waals surface area contributed by atoms with Gasteiger partial charge in [0.25, 0.3) is 0 Å². The van der Waals surface area contributed by atoms with Crippen LogP contribution in [-0.2, 0) is 4.79 Å². The lowest BCUT2D eigenvalue weighted by Gasteiger charge is -2.16. The number of hydrogen-bond donors (Lipinski definition) is 2. The number of nitrogens with one attached hydrogen (secondary N) is 2. The maximum absolute atomic E-state index is 12.0. The molecule has 0 spiro atoms. The third-order valence-electron chi connectivity index (χ3n) is 2.61. The number of carbonyl (C=O) groups excluding carboxylic acids is 1. The minimum absolute atomic E-state index is 0.125. The summed E-state index contributed by atoms with van der Waals surface area (Å²) < 4.78 is 46.3. The van der Waals surface area contributed by atoms with Crippen LogP contribution in [0.4, 0.5) is 18.9 Å². The molecular formula is C12H13F3N2O3. The molecule has 2 rings (SSSR count). The Hall–Kier alpha value is -2.12. The van der Waals surface area contributed by atoms with Gasteiger partial charge in [0.2, 0.25) is 12.7 Å². The number of fused-ring (bicyclic) bond motifs is 1. The van der Waals surface area contributed by atoms with Crippen LogP contribution in [0.2, 0.25) is 0 Å². The monoisotopic (exact) mass is 290 g/mol. The lowest BCUT2D eigenvalue weighted by Crippen LogP contribution is -2.42. The van der Waals surface area contributed by atoms with Gasteiger partial charge in [0.15, 0.2) is 11.5 Å². The second-order valence-electron chi connectivity index (χ2n) is 4.27. The highest BCUT2D eigenvalue weighted by Gasteiger charge is 2.28. The molecule has 0 saturated carbocycles. The molecule has 5 nitrogen and oxygen atoms in total. The van der Waals surface area contributed by atoms with Crippen LogP contribution in [-0.4, -0.2) is 31.5 Å². The topological polar surface area (TPSA) is 59.6 Å². The molecule has 1 atom stereocenters. The van der Waals surface area contributed by atoms with Gasteiger partial charge in [0.1, 0.15) is 12.6 Å². The molecule has 1 aromatic rings. The van der Waals surface area contributed by atoms with Crippen molar-refractivity contribution in [3.8, 4) is 11.5 Å². The van der Waals surface area contributed by atoms with Crippen molar-refractivity contribution in [3.63, 3.8) is 0 Å². The first-order valence-electron chi connectivity index (χ1n) is 5.86. The number of benzene rings is 1. The molecule has 1 amide bonds. The average Bonchev–Trinajstić information content (AvgIpc) is 2.82. The van der Waals surface area contributed by atoms with Crippen molar-refractivity contribution in [1.82, 2.24) is 5.32 Å². The maximum atomic E-state index is 12.0. The third kappa shape index (κ3) is 3.69. The molecule has 2 N–H and O–H groups in total. The SMILES string of the molecule is C[C@@H](Nc1ccc2c(c1)OCO2)C(=O)NCC(F)(F)F. The average molecular weight is 290 g/mol. The third-order valence-corrected chi connectivity index (χ3v) is 2.61. The first-order valence-corrected chi connectivity index (χ1v) is 5.86. The smallest absolute Gasteiger partial charge is 0.405 e. The van der Waals surface area contributed by atoms with E-state index in [9.17, 15) is 18.0 Å². The normalized spacial score (nSPS) is 14.8. The van der Waals surface area contributed by atoms with Gasteiger partial charge in [-0.1, -0.05) is 0 Å². The molecule has 1 aliphatic heterocycles. The Morgan fingerprint density at radius 3 is 2.75 bits per heavy atom. The van der Waals surface area contributed by atoms with Crippen LogP contribution in [0, 0.1) is 0 Å². The van der Waals surface area contributed by atoms with E-state index in [1.807, 2.05) is 5.32 Å². The Kier molecular flexibility index (Phi) is 3.91. The highest BCUT2D eigenvalue weighted by Crippen LogP contribution is 2.34. The lowest BCUT2D eigenvalue weighted by atomic mass is 10.2. The summed E-state index contributed by atoms with van der Waals surface area (Å²) in [6.45, 7) is 0.246. The van der Waals surface area contributed by atoms with Crippen molar-refractivity contribution in [2.24, 2.45) is 0 Å². The van der Waals surface area contributed by atoms with Gasteiger partial charge in [-0.25, -0.2) is 0 Å². The van der Waals surface area contributed by atoms with Gasteiger partial charge in [0, 0.05) is 11.8 Å². The molecule has 0 bridgehead atoms. The molecule has 0 unspecified atom stereocenters. The predicted molar refractivity (Wildman–Crippen MR) is 64.7 cm³/mol. The van der Waals surface area contributed by atoms with Crippen molar-refractivity contribution in [2.75, 3.05) is 18.7 Å². The van der Waals surface area contributed by atoms with Crippen LogP contribution < -0.4 is 20.1 Å². The molecule has 0 aliphatic carbocycles. The summed E-state index contributed by atoms with van der Waals surface area (Å²) in [5.74, 6) is 0.377. The van der Waals surface area contributed by atoms with E-state index in [0.29, 0.717) is 17.2 Å². The summed E-state index contributed by atoms with van der Waals surface area (Å²) in [6.07, 6.45) is -4.42. The zero-order chi connectivity index (χ0) is 14.8. The van der Waals surface area contributed by atoms with Crippen molar-refractivity contribution >= 4 is 11.6 Å². The number of halogens is 3. The minimum Gasteiger partial charge on any atom is -0.454 e. The van der Waals surface area contributed by atoms with Crippen molar-refractivity contribution in [1.29, 1.82) is 0 Å². The second kappa shape index (κ2) is 5.48. The minimum atomic E-state index is -4.42. The zero-order valence-corrected chi connectivity index (χ0v) is 10.6. The van der Waals surface area contributed by atoms with Gasteiger partial charge in [-0.2, -0.15) is 13.2 Å². The van der Waals surface area contributed by atoms with Crippen LogP contribution in [0.1, 0.15) is 6.92 Å². The number of hydrogen-bond acceptors (Lipinski definition) is 4. The van der Waals surface area contributed by atoms with Crippen LogP contribution in [0.3, 0.4) is 0 Å². The Balaban J connectivity index is 1.90. The summed E-state index contributed by atoms with van der Waals surface area (Å²) in [5, 5.41) is 4.61. The number of carbonyl (C=O) groups is 1. The Morgan fingerprint density at radius 1 is 1.35 bits per heavy atom. The number of amides is 1. The summed E-state index contributed by atoms with van der Waals surface area (Å²) in [6, 6.07) is 4.12. The second-order valence-corrected chi connectivity index (χ2v) is 4.27. The molecule has 20 heavy (non-hydrogen) atoms. The van der Waals surface area contributed by atoms with E-state index in [1.165, 1.54) is 6.92 Å². The first kappa shape index (κ1) is 14.3. The van der Waals surface area contributed by atoms with E-state index in [4.69, 9.17) is 9.47 Å². The summed E-state index contributed by atoms with van der Waals surface area (Å²) in [7, 11) is 0. The molecule has 0 radical (unpaired) electrons. The molecule has 1 aliphatic rings. The highest BCUT2D eigenvalue weighted by atomic mass is 19.4. The van der Waals surface area contributed by atoms with Crippen LogP contribution >= 0.6 is 0 Å². The summed E-state index contributed by atoms with van der Waals surface area (Å²) >= 11 is 0. The number of anilines is 1. The van der Waals surface area contributed by atoms with E-state index < -0.39 is 24.7 Å². The Morgan fingerprint density at radius 2 is 2.05 bits per heavy atom. The molecule has 0 saturated heterocycles. The summed E-state index contributed by atoms with van der Waals surface area (Å²) in [4.78, 5) is 11.5. The van der Waals surface area contributed by atoms with Crippen molar-refractivity contribution in [2.45, 2.75) is 19.1 Å². The first-order chi connectivity index (χ1) is 9.35. The molecule has 110 valence electrons. The van der Waals surface area contributed by atoms with Gasteiger partial charge in [-0.05, 0) is 19.1 Å². The van der Waals surface area contributed by atoms with Crippen LogP contribution in [0.15, 0.2) is 18.2 Å². The van der Waals surface area contributed by atoms with E-state index >= 15 is 0 Å². The fourth-order valence-corrected chi connectivity index (χ4v) is 1.64. The van der Waals surface area contributed by atoms with Crippen LogP contribution in [0.5, 0.6) is 11.5 Å². The Bertz CT molecular complexity index is 505. The van der Waals surface area contributed by atoms with E-state index in [2.05, 4.69) is 5.32 Å². The Labute approximate surface area is 113 Å².